The summed E-state index contributed by atoms with van der Waals surface area (Å²) in [7, 11) is 3.76. The van der Waals surface area contributed by atoms with Gasteiger partial charge in [-0.15, -0.1) is 0 Å². The summed E-state index contributed by atoms with van der Waals surface area (Å²) in [4.78, 5) is 18.5. The van der Waals surface area contributed by atoms with Crippen molar-refractivity contribution in [3.05, 3.63) is 53.7 Å². The third-order valence-corrected chi connectivity index (χ3v) is 3.96. The van der Waals surface area contributed by atoms with E-state index in [9.17, 15) is 4.79 Å². The third-order valence-electron chi connectivity index (χ3n) is 3.96. The Morgan fingerprint density at radius 2 is 2.13 bits per heavy atom. The van der Waals surface area contributed by atoms with E-state index in [0.29, 0.717) is 24.5 Å². The number of benzene rings is 1. The smallest absolute Gasteiger partial charge is 0.255 e. The average molecular weight is 311 g/mol. The molecule has 0 bridgehead atoms. The van der Waals surface area contributed by atoms with E-state index < -0.39 is 0 Å². The third kappa shape index (κ3) is 3.44. The summed E-state index contributed by atoms with van der Waals surface area (Å²) >= 11 is 0. The van der Waals surface area contributed by atoms with Gasteiger partial charge in [0.25, 0.3) is 5.91 Å². The molecule has 1 N–H and O–H groups in total. The van der Waals surface area contributed by atoms with Crippen molar-refractivity contribution >= 4 is 11.7 Å². The van der Waals surface area contributed by atoms with Crippen molar-refractivity contribution in [1.82, 2.24) is 10.3 Å². The van der Waals surface area contributed by atoms with Crippen LogP contribution < -0.4 is 15.0 Å². The van der Waals surface area contributed by atoms with E-state index >= 15 is 0 Å². The monoisotopic (exact) mass is 311 g/mol. The molecule has 1 aliphatic heterocycles. The van der Waals surface area contributed by atoms with Crippen LogP contribution in [0.2, 0.25) is 0 Å². The van der Waals surface area contributed by atoms with Gasteiger partial charge in [-0.05, 0) is 30.2 Å². The Hall–Kier alpha value is -2.56. The molecule has 5 heteroatoms. The van der Waals surface area contributed by atoms with Crippen molar-refractivity contribution in [3.63, 3.8) is 0 Å². The molecule has 1 atom stereocenters. The van der Waals surface area contributed by atoms with E-state index in [1.807, 2.05) is 37.2 Å². The molecular formula is C18H21N3O2. The number of amides is 1. The molecule has 2 heterocycles. The number of hydrogen-bond acceptors (Lipinski definition) is 4. The molecule has 5 nitrogen and oxygen atoms in total. The summed E-state index contributed by atoms with van der Waals surface area (Å²) in [6.07, 6.45) is 2.61. The molecular weight excluding hydrogens is 290 g/mol. The Bertz CT molecular complexity index is 700. The van der Waals surface area contributed by atoms with Gasteiger partial charge < -0.3 is 15.0 Å². The van der Waals surface area contributed by atoms with Crippen LogP contribution in [-0.4, -0.2) is 38.1 Å². The number of pyridine rings is 1. The maximum absolute atomic E-state index is 12.4. The maximum Gasteiger partial charge on any atom is 0.255 e. The molecule has 1 aliphatic rings. The van der Waals surface area contributed by atoms with Crippen LogP contribution in [0.1, 0.15) is 15.9 Å². The Morgan fingerprint density at radius 1 is 1.30 bits per heavy atom. The fraction of sp³-hybridized carbons (Fsp3) is 0.333. The minimum absolute atomic E-state index is 0.0966. The van der Waals surface area contributed by atoms with E-state index in [2.05, 4.69) is 16.4 Å². The predicted octanol–water partition coefficient (Wildman–Crippen LogP) is 2.13. The molecule has 0 aliphatic carbocycles. The zero-order valence-corrected chi connectivity index (χ0v) is 13.5. The summed E-state index contributed by atoms with van der Waals surface area (Å²) in [5.41, 5.74) is 1.79. The lowest BCUT2D eigenvalue weighted by Gasteiger charge is -2.25. The Kier molecular flexibility index (Phi) is 4.46. The van der Waals surface area contributed by atoms with Gasteiger partial charge in [-0.25, -0.2) is 4.98 Å². The topological polar surface area (TPSA) is 54.5 Å². The number of nitrogens with one attached hydrogen (secondary N) is 1. The molecule has 0 spiro atoms. The van der Waals surface area contributed by atoms with Gasteiger partial charge in [-0.3, -0.25) is 4.79 Å². The van der Waals surface area contributed by atoms with Gasteiger partial charge in [-0.2, -0.15) is 0 Å². The van der Waals surface area contributed by atoms with Gasteiger partial charge in [0, 0.05) is 32.8 Å². The second kappa shape index (κ2) is 6.69. The van der Waals surface area contributed by atoms with E-state index in [1.165, 1.54) is 5.56 Å². The summed E-state index contributed by atoms with van der Waals surface area (Å²) in [6, 6.07) is 11.6. The second-order valence-corrected chi connectivity index (χ2v) is 5.97. The van der Waals surface area contributed by atoms with Crippen molar-refractivity contribution in [2.24, 2.45) is 5.92 Å². The highest BCUT2D eigenvalue weighted by Gasteiger charge is 2.21. The van der Waals surface area contributed by atoms with Gasteiger partial charge in [0.1, 0.15) is 11.6 Å². The fourth-order valence-electron chi connectivity index (χ4n) is 2.78. The van der Waals surface area contributed by atoms with Gasteiger partial charge in [0.15, 0.2) is 0 Å². The van der Waals surface area contributed by atoms with Crippen molar-refractivity contribution < 1.29 is 9.53 Å². The van der Waals surface area contributed by atoms with Crippen molar-refractivity contribution in [2.45, 2.75) is 6.42 Å². The normalized spacial score (nSPS) is 16.2. The summed E-state index contributed by atoms with van der Waals surface area (Å²) < 4.78 is 5.76. The SMILES string of the molecule is CN(C)c1ncccc1C(=O)NC[C@H]1COc2ccccc2C1. The minimum Gasteiger partial charge on any atom is -0.493 e. The molecule has 0 unspecified atom stereocenters. The van der Waals surface area contributed by atoms with Crippen molar-refractivity contribution in [1.29, 1.82) is 0 Å². The quantitative estimate of drug-likeness (QED) is 0.940. The number of hydrogen-bond donors (Lipinski definition) is 1. The zero-order chi connectivity index (χ0) is 16.2. The highest BCUT2D eigenvalue weighted by Crippen LogP contribution is 2.26. The molecule has 3 rings (SSSR count). The van der Waals surface area contributed by atoms with Crippen molar-refractivity contribution in [2.75, 3.05) is 32.1 Å². The first-order chi connectivity index (χ1) is 11.1. The first-order valence-electron chi connectivity index (χ1n) is 7.76. The van der Waals surface area contributed by atoms with Crippen LogP contribution in [0.5, 0.6) is 5.75 Å². The summed E-state index contributed by atoms with van der Waals surface area (Å²) in [5, 5.41) is 3.01. The van der Waals surface area contributed by atoms with Crippen LogP contribution in [0.15, 0.2) is 42.6 Å². The zero-order valence-electron chi connectivity index (χ0n) is 13.5. The molecule has 0 radical (unpaired) electrons. The molecule has 0 saturated heterocycles. The van der Waals surface area contributed by atoms with Crippen LogP contribution in [0, 0.1) is 5.92 Å². The lowest BCUT2D eigenvalue weighted by Crippen LogP contribution is -2.35. The van der Waals surface area contributed by atoms with E-state index in [-0.39, 0.29) is 11.8 Å². The molecule has 1 aromatic carbocycles. The summed E-state index contributed by atoms with van der Waals surface area (Å²) in [5.74, 6) is 1.82. The van der Waals surface area contributed by atoms with Gasteiger partial charge in [-0.1, -0.05) is 18.2 Å². The first-order valence-corrected chi connectivity index (χ1v) is 7.76. The van der Waals surface area contributed by atoms with Crippen LogP contribution >= 0.6 is 0 Å². The van der Waals surface area contributed by atoms with Gasteiger partial charge in [0.05, 0.1) is 12.2 Å². The van der Waals surface area contributed by atoms with Crippen LogP contribution in [0.4, 0.5) is 5.82 Å². The largest absolute Gasteiger partial charge is 0.493 e. The number of rotatable bonds is 4. The Morgan fingerprint density at radius 3 is 2.96 bits per heavy atom. The van der Waals surface area contributed by atoms with Crippen LogP contribution in [0.25, 0.3) is 0 Å². The highest BCUT2D eigenvalue weighted by atomic mass is 16.5. The molecule has 1 amide bonds. The number of carbonyl (C=O) groups excluding carboxylic acids is 1. The molecule has 0 saturated carbocycles. The standard InChI is InChI=1S/C18H21N3O2/c1-21(2)17-15(7-5-9-19-17)18(22)20-11-13-10-14-6-3-4-8-16(14)23-12-13/h3-9,13H,10-12H2,1-2H3,(H,20,22)/t13-/m0/s1. The van der Waals surface area contributed by atoms with E-state index in [4.69, 9.17) is 4.74 Å². The second-order valence-electron chi connectivity index (χ2n) is 5.97. The molecule has 23 heavy (non-hydrogen) atoms. The Labute approximate surface area is 136 Å². The minimum atomic E-state index is -0.0966. The number of fused-ring (bicyclic) bond motifs is 1. The number of anilines is 1. The number of para-hydroxylation sites is 1. The first kappa shape index (κ1) is 15.3. The lowest BCUT2D eigenvalue weighted by atomic mass is 9.96. The van der Waals surface area contributed by atoms with Crippen LogP contribution in [-0.2, 0) is 6.42 Å². The fourth-order valence-corrected chi connectivity index (χ4v) is 2.78. The van der Waals surface area contributed by atoms with E-state index in [0.717, 1.165) is 12.2 Å². The lowest BCUT2D eigenvalue weighted by molar-refractivity contribution is 0.0939. The molecule has 2 aromatic rings. The van der Waals surface area contributed by atoms with Gasteiger partial charge in [0.2, 0.25) is 0 Å². The Balaban J connectivity index is 1.62. The van der Waals surface area contributed by atoms with Crippen molar-refractivity contribution in [3.8, 4) is 5.75 Å². The highest BCUT2D eigenvalue weighted by molar-refractivity contribution is 5.98. The number of carbonyl (C=O) groups is 1. The molecule has 120 valence electrons. The maximum atomic E-state index is 12.4. The summed E-state index contributed by atoms with van der Waals surface area (Å²) in [6.45, 7) is 1.22. The molecule has 1 aromatic heterocycles. The van der Waals surface area contributed by atoms with Crippen LogP contribution in [0.3, 0.4) is 0 Å². The van der Waals surface area contributed by atoms with E-state index in [1.54, 1.807) is 18.3 Å². The molecule has 0 fully saturated rings. The number of ether oxygens (including phenoxy) is 1. The number of nitrogens with zero attached hydrogens (tertiary/aromatic N) is 2. The average Bonchev–Trinajstić information content (AvgIpc) is 2.59. The van der Waals surface area contributed by atoms with Gasteiger partial charge >= 0.3 is 0 Å². The predicted molar refractivity (Wildman–Crippen MR) is 90.0 cm³/mol. The number of aromatic nitrogens is 1.